The van der Waals surface area contributed by atoms with Crippen molar-refractivity contribution >= 4 is 11.8 Å². The molecule has 1 heterocycles. The summed E-state index contributed by atoms with van der Waals surface area (Å²) in [5, 5.41) is 5.60. The smallest absolute Gasteiger partial charge is 0.251 e. The number of nitrogens with one attached hydrogen (secondary N) is 2. The zero-order valence-electron chi connectivity index (χ0n) is 10.5. The highest BCUT2D eigenvalue weighted by Crippen LogP contribution is 2.08. The Balaban J connectivity index is 2.01. The van der Waals surface area contributed by atoms with Crippen LogP contribution in [0, 0.1) is 6.92 Å². The molecule has 0 saturated carbocycles. The monoisotopic (exact) mass is 246 g/mol. The van der Waals surface area contributed by atoms with Gasteiger partial charge in [0.1, 0.15) is 6.04 Å². The second-order valence-corrected chi connectivity index (χ2v) is 4.68. The molecule has 1 aliphatic heterocycles. The molecule has 0 aliphatic carbocycles. The highest BCUT2D eigenvalue weighted by atomic mass is 16.2. The molecule has 0 aromatic heterocycles. The van der Waals surface area contributed by atoms with Crippen LogP contribution in [0.25, 0.3) is 0 Å². The van der Waals surface area contributed by atoms with Gasteiger partial charge in [-0.25, -0.2) is 0 Å². The van der Waals surface area contributed by atoms with Gasteiger partial charge in [-0.3, -0.25) is 9.59 Å². The molecule has 1 atom stereocenters. The third-order valence-corrected chi connectivity index (χ3v) is 3.15. The molecule has 2 rings (SSSR count). The van der Waals surface area contributed by atoms with Gasteiger partial charge < -0.3 is 10.6 Å². The maximum atomic E-state index is 12.0. The lowest BCUT2D eigenvalue weighted by atomic mass is 10.1. The Bertz CT molecular complexity index is 440. The van der Waals surface area contributed by atoms with Gasteiger partial charge in [-0.15, -0.1) is 0 Å². The summed E-state index contributed by atoms with van der Waals surface area (Å²) in [6.45, 7) is 2.68. The molecule has 1 aliphatic rings. The van der Waals surface area contributed by atoms with E-state index in [0.717, 1.165) is 18.4 Å². The Kier molecular flexibility index (Phi) is 3.97. The third-order valence-electron chi connectivity index (χ3n) is 3.15. The molecule has 18 heavy (non-hydrogen) atoms. The summed E-state index contributed by atoms with van der Waals surface area (Å²) >= 11 is 0. The number of carbonyl (C=O) groups is 2. The normalized spacial score (nSPS) is 19.8. The summed E-state index contributed by atoms with van der Waals surface area (Å²) in [6.07, 6.45) is 2.64. The Morgan fingerprint density at radius 2 is 2.00 bits per heavy atom. The van der Waals surface area contributed by atoms with Crippen LogP contribution in [0.3, 0.4) is 0 Å². The molecule has 96 valence electrons. The van der Waals surface area contributed by atoms with Gasteiger partial charge in [0, 0.05) is 12.1 Å². The van der Waals surface area contributed by atoms with Crippen molar-refractivity contribution in [1.29, 1.82) is 0 Å². The lowest BCUT2D eigenvalue weighted by Crippen LogP contribution is -2.45. The van der Waals surface area contributed by atoms with Crippen molar-refractivity contribution < 1.29 is 9.59 Å². The predicted octanol–water partition coefficient (Wildman–Crippen LogP) is 1.39. The summed E-state index contributed by atoms with van der Waals surface area (Å²) in [4.78, 5) is 23.7. The highest BCUT2D eigenvalue weighted by molar-refractivity contribution is 5.97. The van der Waals surface area contributed by atoms with Crippen molar-refractivity contribution in [2.75, 3.05) is 6.54 Å². The molecule has 0 bridgehead atoms. The predicted molar refractivity (Wildman–Crippen MR) is 69.3 cm³/mol. The summed E-state index contributed by atoms with van der Waals surface area (Å²) in [5.74, 6) is -0.259. The zero-order valence-corrected chi connectivity index (χ0v) is 10.5. The van der Waals surface area contributed by atoms with Crippen LogP contribution in [0.2, 0.25) is 0 Å². The summed E-state index contributed by atoms with van der Waals surface area (Å²) in [7, 11) is 0. The van der Waals surface area contributed by atoms with Crippen molar-refractivity contribution in [2.24, 2.45) is 0 Å². The lowest BCUT2D eigenvalue weighted by Gasteiger charge is -2.15. The van der Waals surface area contributed by atoms with Gasteiger partial charge in [0.25, 0.3) is 5.91 Å². The molecule has 2 amide bonds. The van der Waals surface area contributed by atoms with E-state index in [1.165, 1.54) is 0 Å². The van der Waals surface area contributed by atoms with Crippen molar-refractivity contribution in [1.82, 2.24) is 10.6 Å². The molecule has 2 N–H and O–H groups in total. The van der Waals surface area contributed by atoms with Crippen LogP contribution in [0.5, 0.6) is 0 Å². The van der Waals surface area contributed by atoms with Gasteiger partial charge in [0.2, 0.25) is 5.91 Å². The number of hydrogen-bond acceptors (Lipinski definition) is 2. The molecular weight excluding hydrogens is 228 g/mol. The second-order valence-electron chi connectivity index (χ2n) is 4.68. The minimum atomic E-state index is -0.402. The number of carbonyl (C=O) groups excluding carboxylic acids is 2. The molecule has 1 aromatic carbocycles. The van der Waals surface area contributed by atoms with Gasteiger partial charge in [0.15, 0.2) is 0 Å². The van der Waals surface area contributed by atoms with Crippen LogP contribution < -0.4 is 10.6 Å². The first-order valence-electron chi connectivity index (χ1n) is 6.32. The first-order chi connectivity index (χ1) is 8.66. The molecule has 0 unspecified atom stereocenters. The molecule has 1 fully saturated rings. The quantitative estimate of drug-likeness (QED) is 0.828. The van der Waals surface area contributed by atoms with Crippen LogP contribution >= 0.6 is 0 Å². The van der Waals surface area contributed by atoms with E-state index in [4.69, 9.17) is 0 Å². The largest absolute Gasteiger partial charge is 0.354 e. The van der Waals surface area contributed by atoms with E-state index in [-0.39, 0.29) is 11.8 Å². The van der Waals surface area contributed by atoms with E-state index in [9.17, 15) is 9.59 Å². The van der Waals surface area contributed by atoms with E-state index in [1.54, 1.807) is 12.1 Å². The lowest BCUT2D eigenvalue weighted by molar-refractivity contribution is -0.122. The van der Waals surface area contributed by atoms with E-state index in [2.05, 4.69) is 10.6 Å². The first-order valence-corrected chi connectivity index (χ1v) is 6.32. The minimum absolute atomic E-state index is 0.0760. The van der Waals surface area contributed by atoms with Gasteiger partial charge >= 0.3 is 0 Å². The second kappa shape index (κ2) is 5.67. The van der Waals surface area contributed by atoms with E-state index >= 15 is 0 Å². The van der Waals surface area contributed by atoms with Crippen LogP contribution in [-0.2, 0) is 4.79 Å². The Morgan fingerprint density at radius 3 is 2.72 bits per heavy atom. The standard InChI is InChI=1S/C14H18N2O2/c1-10-5-7-11(8-6-10)13(17)16-12-4-2-3-9-15-14(12)18/h5-8,12H,2-4,9H2,1H3,(H,15,18)(H,16,17)/t12-/m1/s1. The van der Waals surface area contributed by atoms with Crippen molar-refractivity contribution in [3.05, 3.63) is 35.4 Å². The van der Waals surface area contributed by atoms with E-state index < -0.39 is 6.04 Å². The minimum Gasteiger partial charge on any atom is -0.354 e. The fourth-order valence-electron chi connectivity index (χ4n) is 2.02. The molecular formula is C14H18N2O2. The highest BCUT2D eigenvalue weighted by Gasteiger charge is 2.22. The topological polar surface area (TPSA) is 58.2 Å². The van der Waals surface area contributed by atoms with Gasteiger partial charge in [-0.2, -0.15) is 0 Å². The maximum absolute atomic E-state index is 12.0. The van der Waals surface area contributed by atoms with Crippen LogP contribution in [0.4, 0.5) is 0 Å². The summed E-state index contributed by atoms with van der Waals surface area (Å²) < 4.78 is 0. The number of benzene rings is 1. The van der Waals surface area contributed by atoms with Gasteiger partial charge in [-0.05, 0) is 38.3 Å². The van der Waals surface area contributed by atoms with Crippen molar-refractivity contribution in [3.8, 4) is 0 Å². The zero-order chi connectivity index (χ0) is 13.0. The van der Waals surface area contributed by atoms with E-state index in [1.807, 2.05) is 19.1 Å². The maximum Gasteiger partial charge on any atom is 0.251 e. The van der Waals surface area contributed by atoms with Crippen LogP contribution in [0.1, 0.15) is 35.2 Å². The molecule has 4 nitrogen and oxygen atoms in total. The van der Waals surface area contributed by atoms with Crippen molar-refractivity contribution in [3.63, 3.8) is 0 Å². The molecule has 4 heteroatoms. The first kappa shape index (κ1) is 12.6. The molecule has 1 aromatic rings. The van der Waals surface area contributed by atoms with Gasteiger partial charge in [0.05, 0.1) is 0 Å². The summed E-state index contributed by atoms with van der Waals surface area (Å²) in [5.41, 5.74) is 1.71. The summed E-state index contributed by atoms with van der Waals surface area (Å²) in [6, 6.07) is 6.93. The van der Waals surface area contributed by atoms with Gasteiger partial charge in [-0.1, -0.05) is 17.7 Å². The average Bonchev–Trinajstić information content (AvgIpc) is 2.56. The number of rotatable bonds is 2. The van der Waals surface area contributed by atoms with Crippen molar-refractivity contribution in [2.45, 2.75) is 32.2 Å². The SMILES string of the molecule is Cc1ccc(C(=O)N[C@@H]2CCCCNC2=O)cc1. The fraction of sp³-hybridized carbons (Fsp3) is 0.429. The third kappa shape index (κ3) is 3.09. The average molecular weight is 246 g/mol. The molecule has 0 spiro atoms. The molecule has 0 radical (unpaired) electrons. The number of amides is 2. The molecule has 1 saturated heterocycles. The van der Waals surface area contributed by atoms with Crippen LogP contribution in [-0.4, -0.2) is 24.4 Å². The Labute approximate surface area is 107 Å². The Morgan fingerprint density at radius 1 is 1.28 bits per heavy atom. The Hall–Kier alpha value is -1.84. The fourth-order valence-corrected chi connectivity index (χ4v) is 2.02. The number of aryl methyl sites for hydroxylation is 1. The number of hydrogen-bond donors (Lipinski definition) is 2. The van der Waals surface area contributed by atoms with Crippen LogP contribution in [0.15, 0.2) is 24.3 Å². The van der Waals surface area contributed by atoms with E-state index in [0.29, 0.717) is 18.5 Å².